The van der Waals surface area contributed by atoms with E-state index >= 15 is 0 Å². The Morgan fingerprint density at radius 1 is 1.18 bits per heavy atom. The molecule has 3 nitrogen and oxygen atoms in total. The van der Waals surface area contributed by atoms with Crippen LogP contribution < -0.4 is 5.32 Å². The van der Waals surface area contributed by atoms with E-state index in [1.54, 1.807) is 0 Å². The molecule has 2 heterocycles. The molecular formula is C14H19N3. The summed E-state index contributed by atoms with van der Waals surface area (Å²) in [5, 5.41) is 4.56. The van der Waals surface area contributed by atoms with E-state index in [-0.39, 0.29) is 5.54 Å². The molecule has 0 aromatic carbocycles. The van der Waals surface area contributed by atoms with Crippen LogP contribution in [0.5, 0.6) is 0 Å². The number of rotatable bonds is 2. The normalized spacial score (nSPS) is 11.8. The molecule has 0 fully saturated rings. The van der Waals surface area contributed by atoms with Crippen molar-refractivity contribution in [2.75, 3.05) is 5.32 Å². The second kappa shape index (κ2) is 4.32. The van der Waals surface area contributed by atoms with E-state index in [0.717, 1.165) is 28.8 Å². The average molecular weight is 229 g/mol. The number of nitrogens with zero attached hydrogens (tertiary/aromatic N) is 2. The first-order valence-corrected chi connectivity index (χ1v) is 6.02. The number of hydrogen-bond acceptors (Lipinski definition) is 3. The van der Waals surface area contributed by atoms with Crippen molar-refractivity contribution < 1.29 is 0 Å². The highest BCUT2D eigenvalue weighted by Gasteiger charge is 2.12. The highest BCUT2D eigenvalue weighted by atomic mass is 15.0. The summed E-state index contributed by atoms with van der Waals surface area (Å²) < 4.78 is 0. The summed E-state index contributed by atoms with van der Waals surface area (Å²) in [6.07, 6.45) is 2.75. The topological polar surface area (TPSA) is 37.8 Å². The standard InChI is InChI=1S/C14H19N3/c1-5-10-6-7-11-12(17-14(2,3)4)8-9-15-13(11)16-10/h6-9H,5H2,1-4H3,(H,15,16,17). The fourth-order valence-corrected chi connectivity index (χ4v) is 1.78. The first-order chi connectivity index (χ1) is 7.99. The zero-order valence-electron chi connectivity index (χ0n) is 10.9. The van der Waals surface area contributed by atoms with E-state index in [0.29, 0.717) is 0 Å². The van der Waals surface area contributed by atoms with Crippen molar-refractivity contribution in [2.45, 2.75) is 39.7 Å². The molecule has 3 heteroatoms. The van der Waals surface area contributed by atoms with Gasteiger partial charge in [-0.05, 0) is 45.4 Å². The highest BCUT2D eigenvalue weighted by Crippen LogP contribution is 2.23. The smallest absolute Gasteiger partial charge is 0.161 e. The number of pyridine rings is 2. The van der Waals surface area contributed by atoms with Crippen LogP contribution in [0.1, 0.15) is 33.4 Å². The fraction of sp³-hybridized carbons (Fsp3) is 0.429. The van der Waals surface area contributed by atoms with Gasteiger partial charge in [0, 0.05) is 28.5 Å². The minimum absolute atomic E-state index is 0.0394. The van der Waals surface area contributed by atoms with Gasteiger partial charge in [-0.2, -0.15) is 0 Å². The molecule has 0 spiro atoms. The molecule has 0 aliphatic heterocycles. The number of aromatic nitrogens is 2. The van der Waals surface area contributed by atoms with E-state index in [4.69, 9.17) is 0 Å². The maximum Gasteiger partial charge on any atom is 0.161 e. The summed E-state index contributed by atoms with van der Waals surface area (Å²) in [4.78, 5) is 8.86. The Morgan fingerprint density at radius 2 is 1.94 bits per heavy atom. The van der Waals surface area contributed by atoms with Crippen LogP contribution in [0.3, 0.4) is 0 Å². The quantitative estimate of drug-likeness (QED) is 0.857. The van der Waals surface area contributed by atoms with Crippen LogP contribution in [0.15, 0.2) is 24.4 Å². The molecule has 0 bridgehead atoms. The third kappa shape index (κ3) is 2.73. The second-order valence-corrected chi connectivity index (χ2v) is 5.26. The van der Waals surface area contributed by atoms with Gasteiger partial charge in [0.25, 0.3) is 0 Å². The summed E-state index contributed by atoms with van der Waals surface area (Å²) >= 11 is 0. The predicted octanol–water partition coefficient (Wildman–Crippen LogP) is 3.40. The number of fused-ring (bicyclic) bond motifs is 1. The number of aryl methyl sites for hydroxylation is 1. The summed E-state index contributed by atoms with van der Waals surface area (Å²) in [6.45, 7) is 8.54. The van der Waals surface area contributed by atoms with Gasteiger partial charge >= 0.3 is 0 Å². The van der Waals surface area contributed by atoms with Crippen molar-refractivity contribution in [1.82, 2.24) is 9.97 Å². The van der Waals surface area contributed by atoms with Gasteiger partial charge in [-0.15, -0.1) is 0 Å². The van der Waals surface area contributed by atoms with Gasteiger partial charge < -0.3 is 5.32 Å². The molecule has 0 unspecified atom stereocenters. The van der Waals surface area contributed by atoms with Crippen LogP contribution in [0.4, 0.5) is 5.69 Å². The lowest BCUT2D eigenvalue weighted by Gasteiger charge is -2.23. The van der Waals surface area contributed by atoms with Crippen LogP contribution in [0.2, 0.25) is 0 Å². The van der Waals surface area contributed by atoms with Crippen molar-refractivity contribution in [3.8, 4) is 0 Å². The van der Waals surface area contributed by atoms with Gasteiger partial charge in [0.05, 0.1) is 0 Å². The maximum atomic E-state index is 4.53. The fourth-order valence-electron chi connectivity index (χ4n) is 1.78. The first kappa shape index (κ1) is 11.8. The molecule has 2 aromatic heterocycles. The number of nitrogens with one attached hydrogen (secondary N) is 1. The molecule has 0 aliphatic carbocycles. The molecule has 0 saturated heterocycles. The minimum Gasteiger partial charge on any atom is -0.380 e. The van der Waals surface area contributed by atoms with E-state index in [1.807, 2.05) is 12.3 Å². The monoisotopic (exact) mass is 229 g/mol. The van der Waals surface area contributed by atoms with Gasteiger partial charge in [-0.3, -0.25) is 0 Å². The summed E-state index contributed by atoms with van der Waals surface area (Å²) in [5.74, 6) is 0. The summed E-state index contributed by atoms with van der Waals surface area (Å²) in [5.41, 5.74) is 3.03. The van der Waals surface area contributed by atoms with E-state index < -0.39 is 0 Å². The van der Waals surface area contributed by atoms with Crippen LogP contribution in [0.25, 0.3) is 11.0 Å². The molecule has 0 aliphatic rings. The van der Waals surface area contributed by atoms with Crippen LogP contribution in [0, 0.1) is 0 Å². The molecule has 90 valence electrons. The molecule has 0 radical (unpaired) electrons. The Balaban J connectivity index is 2.51. The van der Waals surface area contributed by atoms with Crippen molar-refractivity contribution in [3.63, 3.8) is 0 Å². The molecule has 17 heavy (non-hydrogen) atoms. The molecular weight excluding hydrogens is 210 g/mol. The van der Waals surface area contributed by atoms with Crippen LogP contribution in [-0.2, 0) is 6.42 Å². The van der Waals surface area contributed by atoms with Crippen molar-refractivity contribution in [1.29, 1.82) is 0 Å². The summed E-state index contributed by atoms with van der Waals surface area (Å²) in [6, 6.07) is 6.17. The largest absolute Gasteiger partial charge is 0.380 e. The van der Waals surface area contributed by atoms with Gasteiger partial charge in [0.1, 0.15) is 0 Å². The lowest BCUT2D eigenvalue weighted by atomic mass is 10.1. The first-order valence-electron chi connectivity index (χ1n) is 6.02. The average Bonchev–Trinajstić information content (AvgIpc) is 2.26. The Morgan fingerprint density at radius 3 is 2.59 bits per heavy atom. The third-order valence-electron chi connectivity index (χ3n) is 2.53. The van der Waals surface area contributed by atoms with Crippen LogP contribution >= 0.6 is 0 Å². The molecule has 2 rings (SSSR count). The van der Waals surface area contributed by atoms with Crippen LogP contribution in [-0.4, -0.2) is 15.5 Å². The third-order valence-corrected chi connectivity index (χ3v) is 2.53. The maximum absolute atomic E-state index is 4.53. The summed E-state index contributed by atoms with van der Waals surface area (Å²) in [7, 11) is 0. The second-order valence-electron chi connectivity index (χ2n) is 5.26. The van der Waals surface area contributed by atoms with Gasteiger partial charge in [-0.25, -0.2) is 9.97 Å². The van der Waals surface area contributed by atoms with Crippen molar-refractivity contribution in [2.24, 2.45) is 0 Å². The highest BCUT2D eigenvalue weighted by molar-refractivity contribution is 5.88. The molecule has 0 amide bonds. The molecule has 0 atom stereocenters. The molecule has 2 aromatic rings. The van der Waals surface area contributed by atoms with Gasteiger partial charge in [-0.1, -0.05) is 6.92 Å². The minimum atomic E-state index is 0.0394. The predicted molar refractivity (Wildman–Crippen MR) is 72.3 cm³/mol. The molecule has 1 N–H and O–H groups in total. The number of hydrogen-bond donors (Lipinski definition) is 1. The number of anilines is 1. The van der Waals surface area contributed by atoms with E-state index in [1.165, 1.54) is 0 Å². The van der Waals surface area contributed by atoms with Gasteiger partial charge in [0.15, 0.2) is 5.65 Å². The lowest BCUT2D eigenvalue weighted by Crippen LogP contribution is -2.26. The van der Waals surface area contributed by atoms with Gasteiger partial charge in [0.2, 0.25) is 0 Å². The Kier molecular flexibility index (Phi) is 3.01. The zero-order chi connectivity index (χ0) is 12.5. The molecule has 0 saturated carbocycles. The SMILES string of the molecule is CCc1ccc2c(NC(C)(C)C)ccnc2n1. The Hall–Kier alpha value is -1.64. The Labute approximate surface area is 102 Å². The van der Waals surface area contributed by atoms with Crippen molar-refractivity contribution in [3.05, 3.63) is 30.1 Å². The van der Waals surface area contributed by atoms with Crippen molar-refractivity contribution >= 4 is 16.7 Å². The lowest BCUT2D eigenvalue weighted by molar-refractivity contribution is 0.635. The zero-order valence-corrected chi connectivity index (χ0v) is 10.9. The van der Waals surface area contributed by atoms with E-state index in [2.05, 4.69) is 55.1 Å². The Bertz CT molecular complexity index is 526. The van der Waals surface area contributed by atoms with E-state index in [9.17, 15) is 0 Å².